The van der Waals surface area contributed by atoms with E-state index in [1.807, 2.05) is 13.8 Å². The highest BCUT2D eigenvalue weighted by atomic mass is 19.2. The molecule has 0 aromatic heterocycles. The molecule has 1 aromatic rings. The van der Waals surface area contributed by atoms with Crippen LogP contribution in [0.2, 0.25) is 0 Å². The number of aliphatic hydroxyl groups is 1. The van der Waals surface area contributed by atoms with Crippen molar-refractivity contribution in [2.45, 2.75) is 32.3 Å². The maximum atomic E-state index is 13.4. The average molecular weight is 244 g/mol. The van der Waals surface area contributed by atoms with E-state index in [0.717, 1.165) is 6.07 Å². The Morgan fingerprint density at radius 1 is 1.29 bits per heavy atom. The van der Waals surface area contributed by atoms with Crippen molar-refractivity contribution in [3.8, 4) is 0 Å². The molecule has 0 saturated heterocycles. The molecular weight excluding hydrogens is 226 g/mol. The fourth-order valence-corrected chi connectivity index (χ4v) is 1.50. The van der Waals surface area contributed by atoms with Crippen molar-refractivity contribution in [2.24, 2.45) is 0 Å². The van der Waals surface area contributed by atoms with Gasteiger partial charge in [0.15, 0.2) is 11.6 Å². The van der Waals surface area contributed by atoms with E-state index in [9.17, 15) is 13.9 Å². The van der Waals surface area contributed by atoms with Gasteiger partial charge in [0.1, 0.15) is 0 Å². The van der Waals surface area contributed by atoms with Gasteiger partial charge < -0.3 is 16.2 Å². The summed E-state index contributed by atoms with van der Waals surface area (Å²) in [5.41, 5.74) is 4.64. The Hall–Kier alpha value is -1.36. The van der Waals surface area contributed by atoms with Crippen molar-refractivity contribution in [1.29, 1.82) is 0 Å². The predicted octanol–water partition coefficient (Wildman–Crippen LogP) is 2.51. The Bertz CT molecular complexity index is 392. The van der Waals surface area contributed by atoms with Crippen LogP contribution in [0, 0.1) is 11.6 Å². The fraction of sp³-hybridized carbons (Fsp3) is 0.500. The largest absolute Gasteiger partial charge is 0.397 e. The van der Waals surface area contributed by atoms with Gasteiger partial charge in [-0.1, -0.05) is 13.8 Å². The smallest absolute Gasteiger partial charge is 0.183 e. The number of hydrogen-bond acceptors (Lipinski definition) is 3. The maximum Gasteiger partial charge on any atom is 0.183 e. The van der Waals surface area contributed by atoms with Crippen LogP contribution in [0.4, 0.5) is 20.2 Å². The van der Waals surface area contributed by atoms with E-state index >= 15 is 0 Å². The SMILES string of the molecule is CCC(O)(CC)CNc1c(N)ccc(F)c1F. The van der Waals surface area contributed by atoms with Gasteiger partial charge in [-0.15, -0.1) is 0 Å². The first-order valence-electron chi connectivity index (χ1n) is 5.63. The van der Waals surface area contributed by atoms with Gasteiger partial charge >= 0.3 is 0 Å². The minimum absolute atomic E-state index is 0.0923. The lowest BCUT2D eigenvalue weighted by molar-refractivity contribution is 0.0456. The third kappa shape index (κ3) is 3.06. The van der Waals surface area contributed by atoms with Crippen LogP contribution in [0.1, 0.15) is 26.7 Å². The van der Waals surface area contributed by atoms with Crippen LogP contribution in [0.5, 0.6) is 0 Å². The number of nitrogens with one attached hydrogen (secondary N) is 1. The Kier molecular flexibility index (Phi) is 4.28. The molecule has 0 heterocycles. The molecule has 5 heteroatoms. The lowest BCUT2D eigenvalue weighted by Crippen LogP contribution is -2.35. The number of benzene rings is 1. The summed E-state index contributed by atoms with van der Waals surface area (Å²) in [5.74, 6) is -1.97. The summed E-state index contributed by atoms with van der Waals surface area (Å²) in [7, 11) is 0. The van der Waals surface area contributed by atoms with Crippen LogP contribution in [0.25, 0.3) is 0 Å². The van der Waals surface area contributed by atoms with E-state index in [1.165, 1.54) is 6.07 Å². The second kappa shape index (κ2) is 5.31. The maximum absolute atomic E-state index is 13.4. The van der Waals surface area contributed by atoms with Gasteiger partial charge in [0.05, 0.1) is 17.0 Å². The second-order valence-corrected chi connectivity index (χ2v) is 4.11. The third-order valence-electron chi connectivity index (χ3n) is 3.04. The lowest BCUT2D eigenvalue weighted by Gasteiger charge is -2.26. The molecule has 0 spiro atoms. The van der Waals surface area contributed by atoms with Gasteiger partial charge in [-0.05, 0) is 25.0 Å². The Balaban J connectivity index is 2.86. The topological polar surface area (TPSA) is 58.3 Å². The van der Waals surface area contributed by atoms with Crippen molar-refractivity contribution in [1.82, 2.24) is 0 Å². The third-order valence-corrected chi connectivity index (χ3v) is 3.04. The number of nitrogens with two attached hydrogens (primary N) is 1. The van der Waals surface area contributed by atoms with Crippen molar-refractivity contribution in [2.75, 3.05) is 17.6 Å². The summed E-state index contributed by atoms with van der Waals surface area (Å²) in [5, 5.41) is 12.7. The van der Waals surface area contributed by atoms with Crippen LogP contribution in [-0.2, 0) is 0 Å². The van der Waals surface area contributed by atoms with E-state index < -0.39 is 17.2 Å². The average Bonchev–Trinajstić information content (AvgIpc) is 2.33. The van der Waals surface area contributed by atoms with Crippen LogP contribution in [-0.4, -0.2) is 17.3 Å². The zero-order valence-electron chi connectivity index (χ0n) is 10.1. The van der Waals surface area contributed by atoms with Crippen LogP contribution in [0.3, 0.4) is 0 Å². The van der Waals surface area contributed by atoms with Crippen molar-refractivity contribution >= 4 is 11.4 Å². The Morgan fingerprint density at radius 2 is 1.88 bits per heavy atom. The first-order chi connectivity index (χ1) is 7.93. The summed E-state index contributed by atoms with van der Waals surface area (Å²) in [4.78, 5) is 0. The Morgan fingerprint density at radius 3 is 2.41 bits per heavy atom. The van der Waals surface area contributed by atoms with Gasteiger partial charge in [-0.2, -0.15) is 0 Å². The molecule has 0 atom stereocenters. The van der Waals surface area contributed by atoms with Crippen LogP contribution >= 0.6 is 0 Å². The number of rotatable bonds is 5. The van der Waals surface area contributed by atoms with E-state index in [0.29, 0.717) is 12.8 Å². The quantitative estimate of drug-likeness (QED) is 0.697. The molecule has 0 fully saturated rings. The molecule has 0 unspecified atom stereocenters. The van der Waals surface area contributed by atoms with E-state index in [1.54, 1.807) is 0 Å². The molecule has 0 amide bonds. The monoisotopic (exact) mass is 244 g/mol. The molecule has 1 rings (SSSR count). The summed E-state index contributed by atoms with van der Waals surface area (Å²) >= 11 is 0. The lowest BCUT2D eigenvalue weighted by atomic mass is 9.97. The molecule has 0 aliphatic rings. The van der Waals surface area contributed by atoms with Gasteiger partial charge in [0.25, 0.3) is 0 Å². The molecule has 0 aliphatic heterocycles. The molecule has 0 bridgehead atoms. The van der Waals surface area contributed by atoms with Crippen molar-refractivity contribution in [3.05, 3.63) is 23.8 Å². The summed E-state index contributed by atoms with van der Waals surface area (Å²) in [6.45, 7) is 3.79. The number of hydrogen-bond donors (Lipinski definition) is 3. The first kappa shape index (κ1) is 13.7. The first-order valence-corrected chi connectivity index (χ1v) is 5.63. The Labute approximate surface area is 99.6 Å². The molecular formula is C12H18F2N2O. The van der Waals surface area contributed by atoms with Crippen LogP contribution in [0.15, 0.2) is 12.1 Å². The predicted molar refractivity (Wildman–Crippen MR) is 64.8 cm³/mol. The van der Waals surface area contributed by atoms with E-state index in [-0.39, 0.29) is 17.9 Å². The van der Waals surface area contributed by atoms with Crippen molar-refractivity contribution in [3.63, 3.8) is 0 Å². The normalized spacial score (nSPS) is 11.6. The minimum Gasteiger partial charge on any atom is -0.397 e. The molecule has 0 radical (unpaired) electrons. The highest BCUT2D eigenvalue weighted by Crippen LogP contribution is 2.26. The summed E-state index contributed by atoms with van der Waals surface area (Å²) in [6.07, 6.45) is 1.04. The molecule has 17 heavy (non-hydrogen) atoms. The van der Waals surface area contributed by atoms with Crippen LogP contribution < -0.4 is 11.1 Å². The zero-order valence-corrected chi connectivity index (χ0v) is 10.1. The standard InChI is InChI=1S/C12H18F2N2O/c1-3-12(17,4-2)7-16-11-9(15)6-5-8(13)10(11)14/h5-6,16-17H,3-4,7,15H2,1-2H3. The zero-order chi connectivity index (χ0) is 13.1. The molecule has 0 aliphatic carbocycles. The van der Waals surface area contributed by atoms with Crippen molar-refractivity contribution < 1.29 is 13.9 Å². The summed E-state index contributed by atoms with van der Waals surface area (Å²) in [6, 6.07) is 2.26. The number of anilines is 2. The fourth-order valence-electron chi connectivity index (χ4n) is 1.50. The molecule has 96 valence electrons. The highest BCUT2D eigenvalue weighted by Gasteiger charge is 2.23. The molecule has 0 saturated carbocycles. The molecule has 3 nitrogen and oxygen atoms in total. The second-order valence-electron chi connectivity index (χ2n) is 4.11. The van der Waals surface area contributed by atoms with Gasteiger partial charge in [-0.3, -0.25) is 0 Å². The minimum atomic E-state index is -1.01. The van der Waals surface area contributed by atoms with E-state index in [4.69, 9.17) is 5.73 Å². The molecule has 4 N–H and O–H groups in total. The number of halogens is 2. The van der Waals surface area contributed by atoms with Gasteiger partial charge in [0.2, 0.25) is 0 Å². The number of nitrogen functional groups attached to an aromatic ring is 1. The summed E-state index contributed by atoms with van der Waals surface area (Å²) < 4.78 is 26.5. The highest BCUT2D eigenvalue weighted by molar-refractivity contribution is 5.66. The van der Waals surface area contributed by atoms with Gasteiger partial charge in [0, 0.05) is 6.54 Å². The molecule has 1 aromatic carbocycles. The van der Waals surface area contributed by atoms with E-state index in [2.05, 4.69) is 5.32 Å². The van der Waals surface area contributed by atoms with Gasteiger partial charge in [-0.25, -0.2) is 8.78 Å².